The van der Waals surface area contributed by atoms with Gasteiger partial charge in [-0.05, 0) is 24.6 Å². The summed E-state index contributed by atoms with van der Waals surface area (Å²) in [5.74, 6) is -0.666. The fourth-order valence-corrected chi connectivity index (χ4v) is 2.71. The number of fused-ring (bicyclic) bond motifs is 1. The van der Waals surface area contributed by atoms with Crippen LogP contribution in [0.15, 0.2) is 54.9 Å². The van der Waals surface area contributed by atoms with Crippen molar-refractivity contribution in [1.82, 2.24) is 14.8 Å². The Bertz CT molecular complexity index is 909. The maximum Gasteiger partial charge on any atom is 0.268 e. The van der Waals surface area contributed by atoms with E-state index in [4.69, 9.17) is 0 Å². The van der Waals surface area contributed by atoms with E-state index in [0.717, 1.165) is 10.5 Å². The molecule has 0 N–H and O–H groups in total. The standard InChI is InChI=1S/C18H14N4O2/c1-12-6-8-13(9-7-12)10-21-11-19-18(20-21)22-16(23)14-4-2-3-5-15(14)17(22)24/h2-9,11H,10H2,1H3. The van der Waals surface area contributed by atoms with Crippen LogP contribution in [0.4, 0.5) is 5.95 Å². The van der Waals surface area contributed by atoms with E-state index < -0.39 is 0 Å². The number of aryl methyl sites for hydroxylation is 1. The van der Waals surface area contributed by atoms with Crippen LogP contribution in [0, 0.1) is 6.92 Å². The molecule has 1 aliphatic rings. The van der Waals surface area contributed by atoms with Gasteiger partial charge < -0.3 is 0 Å². The number of amides is 2. The number of benzene rings is 2. The number of rotatable bonds is 3. The summed E-state index contributed by atoms with van der Waals surface area (Å²) in [6.45, 7) is 2.55. The summed E-state index contributed by atoms with van der Waals surface area (Å²) in [5.41, 5.74) is 3.03. The highest BCUT2D eigenvalue weighted by molar-refractivity contribution is 6.33. The number of carbonyl (C=O) groups excluding carboxylic acids is 2. The van der Waals surface area contributed by atoms with Crippen molar-refractivity contribution < 1.29 is 9.59 Å². The smallest absolute Gasteiger partial charge is 0.268 e. The van der Waals surface area contributed by atoms with Crippen LogP contribution < -0.4 is 4.90 Å². The van der Waals surface area contributed by atoms with Gasteiger partial charge in [-0.15, -0.1) is 5.10 Å². The predicted octanol–water partition coefficient (Wildman–Crippen LogP) is 2.44. The molecule has 2 heterocycles. The minimum atomic E-state index is -0.385. The zero-order valence-electron chi connectivity index (χ0n) is 13.0. The molecule has 1 aromatic heterocycles. The maximum atomic E-state index is 12.4. The molecule has 2 amide bonds. The summed E-state index contributed by atoms with van der Waals surface area (Å²) >= 11 is 0. The summed E-state index contributed by atoms with van der Waals surface area (Å²) in [7, 11) is 0. The molecule has 6 nitrogen and oxygen atoms in total. The molecule has 0 bridgehead atoms. The lowest BCUT2D eigenvalue weighted by molar-refractivity contribution is 0.0924. The van der Waals surface area contributed by atoms with E-state index in [9.17, 15) is 9.59 Å². The van der Waals surface area contributed by atoms with Gasteiger partial charge in [0.05, 0.1) is 17.7 Å². The lowest BCUT2D eigenvalue weighted by atomic mass is 10.1. The summed E-state index contributed by atoms with van der Waals surface area (Å²) in [6, 6.07) is 14.8. The molecule has 0 aliphatic carbocycles. The Kier molecular flexibility index (Phi) is 3.23. The van der Waals surface area contributed by atoms with Gasteiger partial charge in [-0.3, -0.25) is 9.59 Å². The topological polar surface area (TPSA) is 68.1 Å². The van der Waals surface area contributed by atoms with E-state index in [1.165, 1.54) is 11.9 Å². The molecule has 2 aromatic carbocycles. The fourth-order valence-electron chi connectivity index (χ4n) is 2.71. The molecule has 1 aliphatic heterocycles. The Morgan fingerprint density at radius 3 is 2.17 bits per heavy atom. The first-order chi connectivity index (χ1) is 11.6. The van der Waals surface area contributed by atoms with Crippen LogP contribution in [-0.2, 0) is 6.54 Å². The van der Waals surface area contributed by atoms with Crippen LogP contribution in [0.5, 0.6) is 0 Å². The number of hydrogen-bond acceptors (Lipinski definition) is 4. The first kappa shape index (κ1) is 14.3. The number of anilines is 1. The molecule has 118 valence electrons. The number of imide groups is 1. The van der Waals surface area contributed by atoms with Gasteiger partial charge >= 0.3 is 0 Å². The second-order valence-corrected chi connectivity index (χ2v) is 5.72. The number of carbonyl (C=O) groups is 2. The molecule has 6 heteroatoms. The Morgan fingerprint density at radius 2 is 1.54 bits per heavy atom. The van der Waals surface area contributed by atoms with Gasteiger partial charge in [0.15, 0.2) is 0 Å². The average molecular weight is 318 g/mol. The zero-order chi connectivity index (χ0) is 16.7. The monoisotopic (exact) mass is 318 g/mol. The summed E-state index contributed by atoms with van der Waals surface area (Å²) < 4.78 is 1.61. The third kappa shape index (κ3) is 2.28. The molecule has 24 heavy (non-hydrogen) atoms. The molecular weight excluding hydrogens is 304 g/mol. The molecule has 0 spiro atoms. The Balaban J connectivity index is 1.61. The van der Waals surface area contributed by atoms with Gasteiger partial charge in [0, 0.05) is 0 Å². The molecule has 0 atom stereocenters. The number of hydrogen-bond donors (Lipinski definition) is 0. The fraction of sp³-hybridized carbons (Fsp3) is 0.111. The van der Waals surface area contributed by atoms with Crippen molar-refractivity contribution >= 4 is 17.8 Å². The highest BCUT2D eigenvalue weighted by Crippen LogP contribution is 2.25. The molecular formula is C18H14N4O2. The Labute approximate surface area is 138 Å². The summed E-state index contributed by atoms with van der Waals surface area (Å²) in [5, 5.41) is 4.28. The predicted molar refractivity (Wildman–Crippen MR) is 87.9 cm³/mol. The van der Waals surface area contributed by atoms with Crippen molar-refractivity contribution in [2.24, 2.45) is 0 Å². The number of nitrogens with zero attached hydrogens (tertiary/aromatic N) is 4. The minimum absolute atomic E-state index is 0.105. The Morgan fingerprint density at radius 1 is 0.917 bits per heavy atom. The van der Waals surface area contributed by atoms with E-state index in [-0.39, 0.29) is 17.8 Å². The largest absolute Gasteiger partial charge is 0.268 e. The highest BCUT2D eigenvalue weighted by Gasteiger charge is 2.38. The molecule has 0 radical (unpaired) electrons. The van der Waals surface area contributed by atoms with Crippen molar-refractivity contribution in [1.29, 1.82) is 0 Å². The van der Waals surface area contributed by atoms with Crippen molar-refractivity contribution in [2.75, 3.05) is 4.90 Å². The van der Waals surface area contributed by atoms with Crippen molar-refractivity contribution in [3.05, 3.63) is 77.1 Å². The summed E-state index contributed by atoms with van der Waals surface area (Å²) in [4.78, 5) is 30.0. The molecule has 0 saturated heterocycles. The number of aromatic nitrogens is 3. The second kappa shape index (κ2) is 5.42. The van der Waals surface area contributed by atoms with Crippen molar-refractivity contribution in [3.8, 4) is 0 Å². The SMILES string of the molecule is Cc1ccc(Cn2cnc(N3C(=O)c4ccccc4C3=O)n2)cc1. The molecule has 0 unspecified atom stereocenters. The van der Waals surface area contributed by atoms with E-state index in [1.807, 2.05) is 31.2 Å². The van der Waals surface area contributed by atoms with Crippen LogP contribution in [0.25, 0.3) is 0 Å². The maximum absolute atomic E-state index is 12.4. The minimum Gasteiger partial charge on any atom is -0.268 e. The zero-order valence-corrected chi connectivity index (χ0v) is 13.0. The lowest BCUT2D eigenvalue weighted by Crippen LogP contribution is -2.30. The first-order valence-corrected chi connectivity index (χ1v) is 7.56. The third-order valence-corrected chi connectivity index (χ3v) is 3.98. The highest BCUT2D eigenvalue weighted by atomic mass is 16.2. The van der Waals surface area contributed by atoms with Gasteiger partial charge in [0.1, 0.15) is 6.33 Å². The first-order valence-electron chi connectivity index (χ1n) is 7.56. The molecule has 3 aromatic rings. The van der Waals surface area contributed by atoms with Crippen LogP contribution >= 0.6 is 0 Å². The molecule has 4 rings (SSSR count). The van der Waals surface area contributed by atoms with Gasteiger partial charge in [0.25, 0.3) is 17.8 Å². The van der Waals surface area contributed by atoms with Crippen LogP contribution in [-0.4, -0.2) is 26.6 Å². The van der Waals surface area contributed by atoms with E-state index >= 15 is 0 Å². The van der Waals surface area contributed by atoms with E-state index in [1.54, 1.807) is 28.9 Å². The second-order valence-electron chi connectivity index (χ2n) is 5.72. The van der Waals surface area contributed by atoms with E-state index in [2.05, 4.69) is 10.1 Å². The third-order valence-electron chi connectivity index (χ3n) is 3.98. The quantitative estimate of drug-likeness (QED) is 0.696. The van der Waals surface area contributed by atoms with Crippen LogP contribution in [0.1, 0.15) is 31.8 Å². The van der Waals surface area contributed by atoms with Gasteiger partial charge in [-0.1, -0.05) is 42.0 Å². The van der Waals surface area contributed by atoms with Crippen LogP contribution in [0.2, 0.25) is 0 Å². The van der Waals surface area contributed by atoms with Gasteiger partial charge in [0.2, 0.25) is 0 Å². The molecule has 0 fully saturated rings. The van der Waals surface area contributed by atoms with Crippen LogP contribution in [0.3, 0.4) is 0 Å². The lowest BCUT2D eigenvalue weighted by Gasteiger charge is -2.08. The Hall–Kier alpha value is -3.28. The summed E-state index contributed by atoms with van der Waals surface area (Å²) in [6.07, 6.45) is 1.53. The van der Waals surface area contributed by atoms with Gasteiger partial charge in [-0.2, -0.15) is 4.98 Å². The normalized spacial score (nSPS) is 13.5. The van der Waals surface area contributed by atoms with Gasteiger partial charge in [-0.25, -0.2) is 9.58 Å². The molecule has 0 saturated carbocycles. The average Bonchev–Trinajstić information content (AvgIpc) is 3.14. The van der Waals surface area contributed by atoms with E-state index in [0.29, 0.717) is 17.7 Å². The van der Waals surface area contributed by atoms with Crippen molar-refractivity contribution in [3.63, 3.8) is 0 Å². The van der Waals surface area contributed by atoms with Crippen molar-refractivity contribution in [2.45, 2.75) is 13.5 Å².